The molecule has 1 aliphatic heterocycles. The highest BCUT2D eigenvalue weighted by atomic mass is 32.2. The summed E-state index contributed by atoms with van der Waals surface area (Å²) < 4.78 is 28.1. The number of nitrogens with one attached hydrogen (secondary N) is 1. The molecule has 22 heavy (non-hydrogen) atoms. The fraction of sp³-hybridized carbons (Fsp3) is 0.714. The van der Waals surface area contributed by atoms with Gasteiger partial charge in [0.25, 0.3) is 10.0 Å². The second-order valence-electron chi connectivity index (χ2n) is 6.31. The maximum Gasteiger partial charge on any atom is 0.262 e. The maximum atomic E-state index is 12.5. The van der Waals surface area contributed by atoms with Crippen LogP contribution in [0.1, 0.15) is 32.6 Å². The van der Waals surface area contributed by atoms with Crippen LogP contribution in [0.2, 0.25) is 0 Å². The second-order valence-corrected chi connectivity index (χ2v) is 8.20. The van der Waals surface area contributed by atoms with E-state index in [4.69, 9.17) is 0 Å². The van der Waals surface area contributed by atoms with E-state index in [9.17, 15) is 13.2 Å². The van der Waals surface area contributed by atoms with Crippen molar-refractivity contribution in [2.24, 2.45) is 5.92 Å². The van der Waals surface area contributed by atoms with E-state index in [1.165, 1.54) is 21.4 Å². The first-order chi connectivity index (χ1) is 10.4. The van der Waals surface area contributed by atoms with Crippen molar-refractivity contribution >= 4 is 15.9 Å². The largest absolute Gasteiger partial charge is 0.352 e. The molecule has 0 radical (unpaired) electrons. The van der Waals surface area contributed by atoms with Gasteiger partial charge < -0.3 is 9.88 Å². The first kappa shape index (κ1) is 15.5. The standard InChI is InChI=1S/C14H22N4O3S/c1-11-4-6-18(7-5-11)22(20,21)14-9-17(10-15-14)8-13(19)16-12-2-3-12/h9-12H,2-8H2,1H3,(H,16,19). The number of sulfonamides is 1. The fourth-order valence-electron chi connectivity index (χ4n) is 2.58. The summed E-state index contributed by atoms with van der Waals surface area (Å²) >= 11 is 0. The van der Waals surface area contributed by atoms with Gasteiger partial charge in [0, 0.05) is 25.3 Å². The van der Waals surface area contributed by atoms with Crippen LogP contribution in [0.4, 0.5) is 0 Å². The van der Waals surface area contributed by atoms with E-state index in [0.717, 1.165) is 25.7 Å². The molecule has 0 unspecified atom stereocenters. The lowest BCUT2D eigenvalue weighted by atomic mass is 10.0. The van der Waals surface area contributed by atoms with Crippen molar-refractivity contribution in [2.45, 2.75) is 50.2 Å². The molecule has 0 bridgehead atoms. The monoisotopic (exact) mass is 326 g/mol. The number of rotatable bonds is 5. The predicted octanol–water partition coefficient (Wildman–Crippen LogP) is 0.582. The van der Waals surface area contributed by atoms with Crippen molar-refractivity contribution in [1.29, 1.82) is 0 Å². The second kappa shape index (κ2) is 6.00. The lowest BCUT2D eigenvalue weighted by Gasteiger charge is -2.28. The number of piperidine rings is 1. The molecule has 8 heteroatoms. The van der Waals surface area contributed by atoms with E-state index >= 15 is 0 Å². The average Bonchev–Trinajstić information content (AvgIpc) is 3.14. The van der Waals surface area contributed by atoms with Crippen LogP contribution < -0.4 is 5.32 Å². The highest BCUT2D eigenvalue weighted by Gasteiger charge is 2.30. The summed E-state index contributed by atoms with van der Waals surface area (Å²) in [5.41, 5.74) is 0. The molecule has 1 aliphatic carbocycles. The number of carbonyl (C=O) groups excluding carboxylic acids is 1. The van der Waals surface area contributed by atoms with E-state index in [1.54, 1.807) is 0 Å². The zero-order valence-electron chi connectivity index (χ0n) is 12.7. The Balaban J connectivity index is 1.65. The van der Waals surface area contributed by atoms with Crippen LogP contribution in [0, 0.1) is 5.92 Å². The number of nitrogens with zero attached hydrogens (tertiary/aromatic N) is 3. The molecule has 1 amide bonds. The Morgan fingerprint density at radius 1 is 1.32 bits per heavy atom. The molecule has 2 heterocycles. The minimum Gasteiger partial charge on any atom is -0.352 e. The molecule has 1 saturated heterocycles. The molecule has 0 aromatic carbocycles. The summed E-state index contributed by atoms with van der Waals surface area (Å²) in [7, 11) is -3.54. The number of aromatic nitrogens is 2. The highest BCUT2D eigenvalue weighted by Crippen LogP contribution is 2.22. The summed E-state index contributed by atoms with van der Waals surface area (Å²) in [5.74, 6) is 0.464. The van der Waals surface area contributed by atoms with E-state index in [1.807, 2.05) is 0 Å². The quantitative estimate of drug-likeness (QED) is 0.858. The van der Waals surface area contributed by atoms with Crippen molar-refractivity contribution in [3.8, 4) is 0 Å². The molecule has 0 spiro atoms. The average molecular weight is 326 g/mol. The van der Waals surface area contributed by atoms with Crippen LogP contribution in [0.15, 0.2) is 17.6 Å². The SMILES string of the molecule is CC1CCN(S(=O)(=O)c2cn(CC(=O)NC3CC3)cn2)CC1. The van der Waals surface area contributed by atoms with Gasteiger partial charge in [-0.3, -0.25) is 4.79 Å². The summed E-state index contributed by atoms with van der Waals surface area (Å²) in [4.78, 5) is 15.7. The van der Waals surface area contributed by atoms with E-state index in [0.29, 0.717) is 25.0 Å². The van der Waals surface area contributed by atoms with Crippen LogP contribution in [-0.4, -0.2) is 47.3 Å². The Morgan fingerprint density at radius 3 is 2.64 bits per heavy atom. The van der Waals surface area contributed by atoms with E-state index in [2.05, 4.69) is 17.2 Å². The van der Waals surface area contributed by atoms with Gasteiger partial charge in [-0.2, -0.15) is 4.31 Å². The Hall–Kier alpha value is -1.41. The van der Waals surface area contributed by atoms with Crippen molar-refractivity contribution in [3.05, 3.63) is 12.5 Å². The van der Waals surface area contributed by atoms with Gasteiger partial charge in [0.2, 0.25) is 5.91 Å². The Labute approximate surface area is 130 Å². The number of amides is 1. The smallest absolute Gasteiger partial charge is 0.262 e. The molecular weight excluding hydrogens is 304 g/mol. The molecule has 7 nitrogen and oxygen atoms in total. The molecule has 3 rings (SSSR count). The van der Waals surface area contributed by atoms with Gasteiger partial charge >= 0.3 is 0 Å². The van der Waals surface area contributed by atoms with Crippen molar-refractivity contribution in [2.75, 3.05) is 13.1 Å². The van der Waals surface area contributed by atoms with Gasteiger partial charge in [0.05, 0.1) is 6.33 Å². The Bertz CT molecular complexity index is 643. The molecule has 0 atom stereocenters. The van der Waals surface area contributed by atoms with Gasteiger partial charge in [-0.05, 0) is 31.6 Å². The van der Waals surface area contributed by atoms with Crippen LogP contribution in [0.25, 0.3) is 0 Å². The first-order valence-electron chi connectivity index (χ1n) is 7.76. The molecule has 2 aliphatic rings. The minimum atomic E-state index is -3.54. The minimum absolute atomic E-state index is 0.0290. The highest BCUT2D eigenvalue weighted by molar-refractivity contribution is 7.89. The number of carbonyl (C=O) groups is 1. The summed E-state index contributed by atoms with van der Waals surface area (Å²) in [5, 5.41) is 2.90. The van der Waals surface area contributed by atoms with E-state index in [-0.39, 0.29) is 17.5 Å². The molecule has 1 N–H and O–H groups in total. The molecule has 1 aromatic heterocycles. The van der Waals surface area contributed by atoms with Gasteiger partial charge in [-0.25, -0.2) is 13.4 Å². The van der Waals surface area contributed by atoms with Gasteiger partial charge in [-0.15, -0.1) is 0 Å². The number of hydrogen-bond donors (Lipinski definition) is 1. The molecule has 1 aromatic rings. The van der Waals surface area contributed by atoms with Crippen LogP contribution in [-0.2, 0) is 21.4 Å². The lowest BCUT2D eigenvalue weighted by Crippen LogP contribution is -2.38. The van der Waals surface area contributed by atoms with Crippen LogP contribution in [0.5, 0.6) is 0 Å². The third kappa shape index (κ3) is 3.49. The summed E-state index contributed by atoms with van der Waals surface area (Å²) in [6, 6.07) is 0.301. The fourth-order valence-corrected chi connectivity index (χ4v) is 3.99. The summed E-state index contributed by atoms with van der Waals surface area (Å²) in [6.07, 6.45) is 6.67. The topological polar surface area (TPSA) is 84.3 Å². The first-order valence-corrected chi connectivity index (χ1v) is 9.20. The van der Waals surface area contributed by atoms with Crippen molar-refractivity contribution in [1.82, 2.24) is 19.2 Å². The normalized spacial score (nSPS) is 21.0. The van der Waals surface area contributed by atoms with Gasteiger partial charge in [0.15, 0.2) is 5.03 Å². The number of imidazole rings is 1. The van der Waals surface area contributed by atoms with Crippen molar-refractivity contribution < 1.29 is 13.2 Å². The van der Waals surface area contributed by atoms with Crippen molar-refractivity contribution in [3.63, 3.8) is 0 Å². The van der Waals surface area contributed by atoms with Gasteiger partial charge in [-0.1, -0.05) is 6.92 Å². The number of hydrogen-bond acceptors (Lipinski definition) is 4. The van der Waals surface area contributed by atoms with Crippen LogP contribution in [0.3, 0.4) is 0 Å². The molecule has 1 saturated carbocycles. The predicted molar refractivity (Wildman–Crippen MR) is 80.5 cm³/mol. The third-order valence-corrected chi connectivity index (χ3v) is 6.01. The summed E-state index contributed by atoms with van der Waals surface area (Å²) in [6.45, 7) is 3.32. The Morgan fingerprint density at radius 2 is 2.00 bits per heavy atom. The zero-order valence-corrected chi connectivity index (χ0v) is 13.6. The van der Waals surface area contributed by atoms with Gasteiger partial charge in [0.1, 0.15) is 6.54 Å². The Kier molecular flexibility index (Phi) is 4.22. The molecular formula is C14H22N4O3S. The zero-order chi connectivity index (χ0) is 15.7. The lowest BCUT2D eigenvalue weighted by molar-refractivity contribution is -0.121. The molecule has 122 valence electrons. The van der Waals surface area contributed by atoms with E-state index < -0.39 is 10.0 Å². The third-order valence-electron chi connectivity index (χ3n) is 4.23. The maximum absolute atomic E-state index is 12.5. The molecule has 2 fully saturated rings. The van der Waals surface area contributed by atoms with Crippen LogP contribution >= 0.6 is 0 Å².